The SMILES string of the molecule is CCN(CC)S(=O)(=O)c1cc(C(=O)Nc2cccc(OCC#N)c2)ccc1F. The van der Waals surface area contributed by atoms with E-state index in [1.54, 1.807) is 32.0 Å². The highest BCUT2D eigenvalue weighted by Crippen LogP contribution is 2.22. The Labute approximate surface area is 163 Å². The van der Waals surface area contributed by atoms with Crippen molar-refractivity contribution in [3.05, 3.63) is 53.8 Å². The molecule has 0 unspecified atom stereocenters. The molecule has 0 aliphatic heterocycles. The maximum Gasteiger partial charge on any atom is 0.255 e. The van der Waals surface area contributed by atoms with Crippen LogP contribution in [0.5, 0.6) is 5.75 Å². The minimum Gasteiger partial charge on any atom is -0.479 e. The fourth-order valence-electron chi connectivity index (χ4n) is 2.53. The van der Waals surface area contributed by atoms with Crippen LogP contribution in [-0.2, 0) is 10.0 Å². The van der Waals surface area contributed by atoms with E-state index in [4.69, 9.17) is 10.00 Å². The molecule has 0 saturated carbocycles. The monoisotopic (exact) mass is 405 g/mol. The Morgan fingerprint density at radius 3 is 2.57 bits per heavy atom. The van der Waals surface area contributed by atoms with Gasteiger partial charge < -0.3 is 10.1 Å². The van der Waals surface area contributed by atoms with Crippen molar-refractivity contribution in [2.24, 2.45) is 0 Å². The molecule has 0 heterocycles. The first-order valence-electron chi connectivity index (χ1n) is 8.54. The number of anilines is 1. The third-order valence-electron chi connectivity index (χ3n) is 3.91. The maximum atomic E-state index is 14.2. The van der Waals surface area contributed by atoms with Crippen LogP contribution >= 0.6 is 0 Å². The number of rotatable bonds is 8. The number of amides is 1. The Balaban J connectivity index is 2.29. The van der Waals surface area contributed by atoms with E-state index >= 15 is 0 Å². The standard InChI is InChI=1S/C19H20FN3O4S/c1-3-23(4-2)28(25,26)18-12-14(8-9-17(18)20)19(24)22-15-6-5-7-16(13-15)27-11-10-21/h5-9,12-13H,3-4,11H2,1-2H3,(H,22,24). The van der Waals surface area contributed by atoms with E-state index in [0.717, 1.165) is 16.4 Å². The smallest absolute Gasteiger partial charge is 0.255 e. The van der Waals surface area contributed by atoms with E-state index < -0.39 is 26.6 Å². The predicted octanol–water partition coefficient (Wildman–Crippen LogP) is 3.01. The van der Waals surface area contributed by atoms with Crippen LogP contribution in [0.4, 0.5) is 10.1 Å². The number of halogens is 1. The van der Waals surface area contributed by atoms with Crippen molar-refractivity contribution in [3.63, 3.8) is 0 Å². The lowest BCUT2D eigenvalue weighted by Gasteiger charge is -2.19. The number of hydrogen-bond acceptors (Lipinski definition) is 5. The highest BCUT2D eigenvalue weighted by Gasteiger charge is 2.26. The number of benzene rings is 2. The number of carbonyl (C=O) groups is 1. The molecule has 0 spiro atoms. The van der Waals surface area contributed by atoms with Crippen LogP contribution in [0.1, 0.15) is 24.2 Å². The van der Waals surface area contributed by atoms with Crippen LogP contribution in [0.15, 0.2) is 47.4 Å². The molecule has 0 aromatic heterocycles. The Bertz CT molecular complexity index is 998. The van der Waals surface area contributed by atoms with Crippen LogP contribution in [0.3, 0.4) is 0 Å². The molecule has 0 aliphatic rings. The third kappa shape index (κ3) is 4.85. The highest BCUT2D eigenvalue weighted by atomic mass is 32.2. The molecule has 0 radical (unpaired) electrons. The lowest BCUT2D eigenvalue weighted by Crippen LogP contribution is -2.31. The topological polar surface area (TPSA) is 99.5 Å². The van der Waals surface area contributed by atoms with Gasteiger partial charge in [-0.25, -0.2) is 12.8 Å². The summed E-state index contributed by atoms with van der Waals surface area (Å²) in [6.45, 7) is 3.53. The summed E-state index contributed by atoms with van der Waals surface area (Å²) in [5.41, 5.74) is 0.383. The zero-order valence-electron chi connectivity index (χ0n) is 15.5. The Hall–Kier alpha value is -2.96. The number of hydrogen-bond donors (Lipinski definition) is 1. The molecule has 0 aliphatic carbocycles. The molecule has 0 fully saturated rings. The summed E-state index contributed by atoms with van der Waals surface area (Å²) in [4.78, 5) is 12.0. The van der Waals surface area contributed by atoms with Gasteiger partial charge in [0.25, 0.3) is 5.91 Å². The van der Waals surface area contributed by atoms with Crippen LogP contribution in [0.2, 0.25) is 0 Å². The molecule has 0 saturated heterocycles. The summed E-state index contributed by atoms with van der Waals surface area (Å²) >= 11 is 0. The summed E-state index contributed by atoms with van der Waals surface area (Å²) in [5, 5.41) is 11.1. The van der Waals surface area contributed by atoms with Gasteiger partial charge in [-0.1, -0.05) is 19.9 Å². The Morgan fingerprint density at radius 2 is 1.93 bits per heavy atom. The van der Waals surface area contributed by atoms with Crippen molar-refractivity contribution >= 4 is 21.6 Å². The number of sulfonamides is 1. The van der Waals surface area contributed by atoms with Gasteiger partial charge in [-0.15, -0.1) is 0 Å². The molecule has 1 N–H and O–H groups in total. The zero-order chi connectivity index (χ0) is 20.7. The Morgan fingerprint density at radius 1 is 1.21 bits per heavy atom. The van der Waals surface area contributed by atoms with Crippen molar-refractivity contribution in [1.82, 2.24) is 4.31 Å². The summed E-state index contributed by atoms with van der Waals surface area (Å²) < 4.78 is 45.7. The van der Waals surface area contributed by atoms with Gasteiger partial charge in [-0.2, -0.15) is 9.57 Å². The first-order valence-corrected chi connectivity index (χ1v) is 9.98. The fourth-order valence-corrected chi connectivity index (χ4v) is 4.08. The molecule has 7 nitrogen and oxygen atoms in total. The molecule has 2 rings (SSSR count). The molecule has 148 valence electrons. The minimum atomic E-state index is -4.05. The molecular formula is C19H20FN3O4S. The number of carbonyl (C=O) groups excluding carboxylic acids is 1. The third-order valence-corrected chi connectivity index (χ3v) is 5.98. The molecule has 0 bridgehead atoms. The second-order valence-corrected chi connectivity index (χ2v) is 7.57. The first-order chi connectivity index (χ1) is 13.3. The molecule has 0 atom stereocenters. The first kappa shape index (κ1) is 21.3. The Kier molecular flexibility index (Phi) is 7.09. The van der Waals surface area contributed by atoms with Gasteiger partial charge in [0.2, 0.25) is 10.0 Å². The summed E-state index contributed by atoms with van der Waals surface area (Å²) in [6.07, 6.45) is 0. The van der Waals surface area contributed by atoms with Crippen LogP contribution in [0, 0.1) is 17.1 Å². The van der Waals surface area contributed by atoms with Gasteiger partial charge in [-0.3, -0.25) is 4.79 Å². The molecule has 28 heavy (non-hydrogen) atoms. The second kappa shape index (κ2) is 9.30. The summed E-state index contributed by atoms with van der Waals surface area (Å²) in [6, 6.07) is 11.4. The molecule has 1 amide bonds. The van der Waals surface area contributed by atoms with E-state index in [2.05, 4.69) is 5.32 Å². The van der Waals surface area contributed by atoms with Crippen LogP contribution in [0.25, 0.3) is 0 Å². The van der Waals surface area contributed by atoms with Crippen molar-refractivity contribution in [1.29, 1.82) is 5.26 Å². The lowest BCUT2D eigenvalue weighted by molar-refractivity contribution is 0.102. The van der Waals surface area contributed by atoms with Crippen molar-refractivity contribution in [3.8, 4) is 11.8 Å². The van der Waals surface area contributed by atoms with Gasteiger partial charge in [0.1, 0.15) is 22.5 Å². The molecule has 2 aromatic carbocycles. The van der Waals surface area contributed by atoms with E-state index in [1.165, 1.54) is 12.1 Å². The summed E-state index contributed by atoms with van der Waals surface area (Å²) in [7, 11) is -4.05. The van der Waals surface area contributed by atoms with Gasteiger partial charge in [0.15, 0.2) is 6.61 Å². The van der Waals surface area contributed by atoms with E-state index in [1.807, 2.05) is 6.07 Å². The van der Waals surface area contributed by atoms with Gasteiger partial charge >= 0.3 is 0 Å². The molecule has 2 aromatic rings. The maximum absolute atomic E-state index is 14.2. The average molecular weight is 405 g/mol. The number of ether oxygens (including phenoxy) is 1. The van der Waals surface area contributed by atoms with Gasteiger partial charge in [0.05, 0.1) is 0 Å². The second-order valence-electron chi connectivity index (χ2n) is 5.66. The predicted molar refractivity (Wildman–Crippen MR) is 102 cm³/mol. The van der Waals surface area contributed by atoms with Crippen LogP contribution < -0.4 is 10.1 Å². The average Bonchev–Trinajstić information content (AvgIpc) is 2.67. The van der Waals surface area contributed by atoms with Crippen molar-refractivity contribution < 1.29 is 22.3 Å². The number of nitrogens with one attached hydrogen (secondary N) is 1. The molecular weight excluding hydrogens is 385 g/mol. The normalized spacial score (nSPS) is 11.1. The minimum absolute atomic E-state index is 0.00419. The summed E-state index contributed by atoms with van der Waals surface area (Å²) in [5.74, 6) is -1.13. The van der Waals surface area contributed by atoms with Gasteiger partial charge in [-0.05, 0) is 30.3 Å². The fraction of sp³-hybridized carbons (Fsp3) is 0.263. The lowest BCUT2D eigenvalue weighted by atomic mass is 10.2. The van der Waals surface area contributed by atoms with E-state index in [0.29, 0.717) is 11.4 Å². The van der Waals surface area contributed by atoms with Crippen LogP contribution in [-0.4, -0.2) is 38.3 Å². The zero-order valence-corrected chi connectivity index (χ0v) is 16.3. The molecule has 9 heteroatoms. The highest BCUT2D eigenvalue weighted by molar-refractivity contribution is 7.89. The van der Waals surface area contributed by atoms with Crippen molar-refractivity contribution in [2.75, 3.05) is 25.0 Å². The van der Waals surface area contributed by atoms with E-state index in [-0.39, 0.29) is 25.3 Å². The van der Waals surface area contributed by atoms with Crippen molar-refractivity contribution in [2.45, 2.75) is 18.7 Å². The largest absolute Gasteiger partial charge is 0.479 e. The van der Waals surface area contributed by atoms with E-state index in [9.17, 15) is 17.6 Å². The van der Waals surface area contributed by atoms with Gasteiger partial charge in [0, 0.05) is 30.4 Å². The number of nitrogens with zero attached hydrogens (tertiary/aromatic N) is 2. The number of nitriles is 1. The quantitative estimate of drug-likeness (QED) is 0.728.